The first kappa shape index (κ1) is 14.6. The fraction of sp³-hybridized carbons (Fsp3) is 0.214. The average Bonchev–Trinajstić information content (AvgIpc) is 2.50. The van der Waals surface area contributed by atoms with Gasteiger partial charge in [-0.3, -0.25) is 14.2 Å². The zero-order valence-electron chi connectivity index (χ0n) is 11.7. The summed E-state index contributed by atoms with van der Waals surface area (Å²) in [5, 5.41) is 2.62. The number of H-pyrrole nitrogens is 1. The van der Waals surface area contributed by atoms with E-state index in [1.807, 2.05) is 6.07 Å². The minimum atomic E-state index is -0.637. The maximum Gasteiger partial charge on any atom is 0.328 e. The molecule has 0 spiro atoms. The second-order valence-corrected chi connectivity index (χ2v) is 4.41. The molecule has 0 fully saturated rings. The molecule has 2 aromatic rings. The summed E-state index contributed by atoms with van der Waals surface area (Å²) in [5.41, 5.74) is -0.477. The highest BCUT2D eigenvalue weighted by atomic mass is 16.5. The van der Waals surface area contributed by atoms with Crippen molar-refractivity contribution in [2.75, 3.05) is 7.11 Å². The molecule has 110 valence electrons. The molecule has 1 aromatic carbocycles. The number of methoxy groups -OCH3 is 1. The minimum absolute atomic E-state index is 0.111. The maximum atomic E-state index is 12.0. The van der Waals surface area contributed by atoms with Gasteiger partial charge in [-0.15, -0.1) is 0 Å². The normalized spacial score (nSPS) is 10.2. The summed E-state index contributed by atoms with van der Waals surface area (Å²) in [6.45, 7) is 0.248. The number of aromatic amines is 1. The van der Waals surface area contributed by atoms with Crippen molar-refractivity contribution in [3.63, 3.8) is 0 Å². The topological polar surface area (TPSA) is 93.2 Å². The Bertz CT molecular complexity index is 776. The molecule has 2 rings (SSSR count). The number of hydrogen-bond donors (Lipinski definition) is 2. The van der Waals surface area contributed by atoms with Gasteiger partial charge in [0.15, 0.2) is 0 Å². The summed E-state index contributed by atoms with van der Waals surface area (Å²) >= 11 is 0. The molecule has 2 N–H and O–H groups in total. The molecule has 0 saturated carbocycles. The Balaban J connectivity index is 2.14. The molecule has 0 aliphatic carbocycles. The monoisotopic (exact) mass is 289 g/mol. The maximum absolute atomic E-state index is 12.0. The number of hydrogen-bond acceptors (Lipinski definition) is 4. The first-order valence-corrected chi connectivity index (χ1v) is 6.22. The molecule has 21 heavy (non-hydrogen) atoms. The Labute approximate surface area is 120 Å². The Morgan fingerprint density at radius 3 is 2.86 bits per heavy atom. The number of nitrogens with one attached hydrogen (secondary N) is 2. The molecule has 0 unspecified atom stereocenters. The number of nitrogens with zero attached hydrogens (tertiary/aromatic N) is 1. The fourth-order valence-electron chi connectivity index (χ4n) is 1.79. The molecule has 1 aromatic heterocycles. The molecule has 0 aliphatic rings. The van der Waals surface area contributed by atoms with E-state index in [1.165, 1.54) is 7.05 Å². The van der Waals surface area contributed by atoms with E-state index in [4.69, 9.17) is 4.74 Å². The van der Waals surface area contributed by atoms with E-state index >= 15 is 0 Å². The highest BCUT2D eigenvalue weighted by Gasteiger charge is 2.12. The number of benzene rings is 1. The zero-order chi connectivity index (χ0) is 15.4. The second kappa shape index (κ2) is 6.08. The third kappa shape index (κ3) is 3.19. The van der Waals surface area contributed by atoms with Gasteiger partial charge in [-0.25, -0.2) is 4.79 Å². The zero-order valence-corrected chi connectivity index (χ0v) is 11.7. The van der Waals surface area contributed by atoms with Crippen LogP contribution in [0.1, 0.15) is 15.9 Å². The van der Waals surface area contributed by atoms with Gasteiger partial charge in [0.05, 0.1) is 7.11 Å². The smallest absolute Gasteiger partial charge is 0.328 e. The van der Waals surface area contributed by atoms with Gasteiger partial charge in [0.2, 0.25) is 0 Å². The number of carbonyl (C=O) groups is 1. The molecule has 0 atom stereocenters. The van der Waals surface area contributed by atoms with E-state index in [0.29, 0.717) is 5.75 Å². The lowest BCUT2D eigenvalue weighted by atomic mass is 10.2. The first-order valence-electron chi connectivity index (χ1n) is 6.22. The van der Waals surface area contributed by atoms with Crippen LogP contribution in [0.25, 0.3) is 0 Å². The van der Waals surface area contributed by atoms with Gasteiger partial charge in [0.1, 0.15) is 11.3 Å². The van der Waals surface area contributed by atoms with Crippen LogP contribution in [0.4, 0.5) is 0 Å². The van der Waals surface area contributed by atoms with E-state index in [-0.39, 0.29) is 12.1 Å². The Morgan fingerprint density at radius 2 is 2.14 bits per heavy atom. The first-order chi connectivity index (χ1) is 10.0. The third-order valence-electron chi connectivity index (χ3n) is 3.01. The van der Waals surface area contributed by atoms with Gasteiger partial charge in [-0.05, 0) is 17.7 Å². The van der Waals surface area contributed by atoms with Crippen molar-refractivity contribution in [1.29, 1.82) is 0 Å². The van der Waals surface area contributed by atoms with Gasteiger partial charge < -0.3 is 15.0 Å². The molecule has 0 aliphatic heterocycles. The number of aromatic nitrogens is 2. The van der Waals surface area contributed by atoms with E-state index in [0.717, 1.165) is 16.3 Å². The summed E-state index contributed by atoms with van der Waals surface area (Å²) in [5.74, 6) is 0.136. The summed E-state index contributed by atoms with van der Waals surface area (Å²) in [7, 11) is 2.86. The summed E-state index contributed by atoms with van der Waals surface area (Å²) in [4.78, 5) is 37.3. The predicted molar refractivity (Wildman–Crippen MR) is 76.5 cm³/mol. The van der Waals surface area contributed by atoms with Crippen LogP contribution in [0.15, 0.2) is 40.1 Å². The van der Waals surface area contributed by atoms with Crippen molar-refractivity contribution >= 4 is 5.91 Å². The minimum Gasteiger partial charge on any atom is -0.497 e. The van der Waals surface area contributed by atoms with E-state index in [2.05, 4.69) is 10.3 Å². The van der Waals surface area contributed by atoms with Crippen molar-refractivity contribution < 1.29 is 9.53 Å². The van der Waals surface area contributed by atoms with Crippen molar-refractivity contribution in [1.82, 2.24) is 14.9 Å². The molecular formula is C14H15N3O4. The van der Waals surface area contributed by atoms with Crippen LogP contribution in [0.3, 0.4) is 0 Å². The van der Waals surface area contributed by atoms with Crippen LogP contribution in [0.2, 0.25) is 0 Å². The van der Waals surface area contributed by atoms with E-state index in [1.54, 1.807) is 25.3 Å². The van der Waals surface area contributed by atoms with Crippen molar-refractivity contribution in [2.45, 2.75) is 6.54 Å². The van der Waals surface area contributed by atoms with Crippen molar-refractivity contribution in [3.05, 3.63) is 62.4 Å². The molecular weight excluding hydrogens is 274 g/mol. The van der Waals surface area contributed by atoms with Gasteiger partial charge >= 0.3 is 5.69 Å². The predicted octanol–water partition coefficient (Wildman–Crippen LogP) is 0.0122. The lowest BCUT2D eigenvalue weighted by Crippen LogP contribution is -2.38. The molecule has 0 radical (unpaired) electrons. The largest absolute Gasteiger partial charge is 0.497 e. The Morgan fingerprint density at radius 1 is 1.38 bits per heavy atom. The van der Waals surface area contributed by atoms with Crippen LogP contribution in [0, 0.1) is 0 Å². The highest BCUT2D eigenvalue weighted by Crippen LogP contribution is 2.12. The average molecular weight is 289 g/mol. The number of rotatable bonds is 4. The van der Waals surface area contributed by atoms with Gasteiger partial charge in [-0.2, -0.15) is 0 Å². The third-order valence-corrected chi connectivity index (χ3v) is 3.01. The quantitative estimate of drug-likeness (QED) is 0.829. The van der Waals surface area contributed by atoms with Crippen LogP contribution in [-0.2, 0) is 13.6 Å². The summed E-state index contributed by atoms with van der Waals surface area (Å²) in [6.07, 6.45) is 1.12. The van der Waals surface area contributed by atoms with Gasteiger partial charge in [0, 0.05) is 19.8 Å². The van der Waals surface area contributed by atoms with Crippen molar-refractivity contribution in [2.24, 2.45) is 7.05 Å². The van der Waals surface area contributed by atoms with Crippen LogP contribution in [0.5, 0.6) is 5.75 Å². The van der Waals surface area contributed by atoms with E-state index < -0.39 is 17.2 Å². The van der Waals surface area contributed by atoms with Crippen LogP contribution < -0.4 is 21.3 Å². The number of amides is 1. The molecule has 1 amide bonds. The molecule has 7 nitrogen and oxygen atoms in total. The SMILES string of the molecule is COc1cccc(CNC(=O)c2c[nH]c(=O)n(C)c2=O)c1. The lowest BCUT2D eigenvalue weighted by Gasteiger charge is -2.07. The fourth-order valence-corrected chi connectivity index (χ4v) is 1.79. The summed E-state index contributed by atoms with van der Waals surface area (Å²) in [6, 6.07) is 7.21. The van der Waals surface area contributed by atoms with E-state index in [9.17, 15) is 14.4 Å². The Kier molecular flexibility index (Phi) is 4.22. The standard InChI is InChI=1S/C14H15N3O4/c1-17-13(19)11(8-16-14(17)20)12(18)15-7-9-4-3-5-10(6-9)21-2/h3-6,8H,7H2,1-2H3,(H,15,18)(H,16,20). The molecule has 7 heteroatoms. The highest BCUT2D eigenvalue weighted by molar-refractivity contribution is 5.93. The van der Waals surface area contributed by atoms with Gasteiger partial charge in [0.25, 0.3) is 11.5 Å². The second-order valence-electron chi connectivity index (χ2n) is 4.41. The number of ether oxygens (including phenoxy) is 1. The van der Waals surface area contributed by atoms with Crippen molar-refractivity contribution in [3.8, 4) is 5.75 Å². The molecule has 1 heterocycles. The van der Waals surface area contributed by atoms with Gasteiger partial charge in [-0.1, -0.05) is 12.1 Å². The van der Waals surface area contributed by atoms with Crippen LogP contribution in [-0.4, -0.2) is 22.6 Å². The summed E-state index contributed by atoms with van der Waals surface area (Å²) < 4.78 is 5.94. The van der Waals surface area contributed by atoms with Crippen LogP contribution >= 0.6 is 0 Å². The Hall–Kier alpha value is -2.83. The lowest BCUT2D eigenvalue weighted by molar-refractivity contribution is 0.0948. The molecule has 0 saturated heterocycles. The molecule has 0 bridgehead atoms. The number of carbonyl (C=O) groups excluding carboxylic acids is 1.